The van der Waals surface area contributed by atoms with E-state index in [1.807, 2.05) is 42.5 Å². The Kier molecular flexibility index (Phi) is 6.48. The summed E-state index contributed by atoms with van der Waals surface area (Å²) in [5, 5.41) is 4.03. The maximum Gasteiger partial charge on any atom is 0.223 e. The van der Waals surface area contributed by atoms with Crippen LogP contribution in [-0.4, -0.2) is 29.6 Å². The van der Waals surface area contributed by atoms with E-state index in [1.54, 1.807) is 38.3 Å². The molecule has 0 spiro atoms. The van der Waals surface area contributed by atoms with Crippen molar-refractivity contribution in [2.24, 2.45) is 5.92 Å². The van der Waals surface area contributed by atoms with Gasteiger partial charge in [0.15, 0.2) is 17.3 Å². The molecule has 7 heteroatoms. The highest BCUT2D eigenvalue weighted by molar-refractivity contribution is 6.13. The summed E-state index contributed by atoms with van der Waals surface area (Å²) in [5.74, 6) is 2.85. The molecule has 0 amide bonds. The maximum atomic E-state index is 13.6. The van der Waals surface area contributed by atoms with Crippen molar-refractivity contribution in [1.82, 2.24) is 10.1 Å². The Morgan fingerprint density at radius 3 is 2.43 bits per heavy atom. The summed E-state index contributed by atoms with van der Waals surface area (Å²) in [6.45, 7) is 2.75. The number of carbonyl (C=O) groups excluding carboxylic acids is 1. The van der Waals surface area contributed by atoms with E-state index in [9.17, 15) is 4.79 Å². The zero-order valence-electron chi connectivity index (χ0n) is 19.7. The summed E-state index contributed by atoms with van der Waals surface area (Å²) in [7, 11) is 1.55. The molecule has 0 unspecified atom stereocenters. The normalized spacial score (nSPS) is 12.9. The van der Waals surface area contributed by atoms with Crippen LogP contribution in [0.15, 0.2) is 71.3 Å². The SMILES string of the molecule is COc1cc(-c2noc(C)n2)c(C(=O)c2ccc(OCC3CC3)cc2)cc1OCc1ccccc1. The Morgan fingerprint density at radius 1 is 1.00 bits per heavy atom. The van der Waals surface area contributed by atoms with Gasteiger partial charge in [-0.2, -0.15) is 4.98 Å². The molecule has 1 aliphatic carbocycles. The summed E-state index contributed by atoms with van der Waals surface area (Å²) in [4.78, 5) is 18.0. The molecule has 0 atom stereocenters. The zero-order valence-corrected chi connectivity index (χ0v) is 19.7. The lowest BCUT2D eigenvalue weighted by Gasteiger charge is -2.15. The van der Waals surface area contributed by atoms with Crippen LogP contribution >= 0.6 is 0 Å². The van der Waals surface area contributed by atoms with Gasteiger partial charge in [0.1, 0.15) is 12.4 Å². The summed E-state index contributed by atoms with van der Waals surface area (Å²) in [5.41, 5.74) is 2.41. The van der Waals surface area contributed by atoms with Gasteiger partial charge in [0.05, 0.1) is 13.7 Å². The third-order valence-corrected chi connectivity index (χ3v) is 5.85. The molecule has 3 aromatic carbocycles. The van der Waals surface area contributed by atoms with Gasteiger partial charge < -0.3 is 18.7 Å². The number of ketones is 1. The third kappa shape index (κ3) is 5.35. The quantitative estimate of drug-likeness (QED) is 0.277. The van der Waals surface area contributed by atoms with Gasteiger partial charge >= 0.3 is 0 Å². The predicted molar refractivity (Wildman–Crippen MR) is 130 cm³/mol. The fraction of sp³-hybridized carbons (Fsp3) is 0.250. The lowest BCUT2D eigenvalue weighted by atomic mass is 9.97. The van der Waals surface area contributed by atoms with E-state index >= 15 is 0 Å². The fourth-order valence-electron chi connectivity index (χ4n) is 3.71. The average Bonchev–Trinajstić information content (AvgIpc) is 3.64. The Balaban J connectivity index is 1.48. The first kappa shape index (κ1) is 22.7. The van der Waals surface area contributed by atoms with Crippen LogP contribution in [0.4, 0.5) is 0 Å². The molecule has 0 saturated heterocycles. The molecule has 5 rings (SSSR count). The van der Waals surface area contributed by atoms with Gasteiger partial charge in [-0.05, 0) is 60.7 Å². The van der Waals surface area contributed by atoms with Crippen molar-refractivity contribution in [3.63, 3.8) is 0 Å². The maximum absolute atomic E-state index is 13.6. The smallest absolute Gasteiger partial charge is 0.223 e. The minimum Gasteiger partial charge on any atom is -0.493 e. The van der Waals surface area contributed by atoms with E-state index in [4.69, 9.17) is 18.7 Å². The molecule has 1 fully saturated rings. The number of aryl methyl sites for hydroxylation is 1. The zero-order chi connectivity index (χ0) is 24.2. The number of rotatable bonds is 10. The monoisotopic (exact) mass is 470 g/mol. The van der Waals surface area contributed by atoms with Crippen LogP contribution in [0, 0.1) is 12.8 Å². The Morgan fingerprint density at radius 2 is 1.77 bits per heavy atom. The van der Waals surface area contributed by atoms with Crippen LogP contribution in [0.5, 0.6) is 17.2 Å². The fourth-order valence-corrected chi connectivity index (χ4v) is 3.71. The molecular formula is C28H26N2O5. The number of aromatic nitrogens is 2. The number of carbonyl (C=O) groups is 1. The number of ether oxygens (including phenoxy) is 3. The highest BCUT2D eigenvalue weighted by Gasteiger charge is 2.24. The van der Waals surface area contributed by atoms with E-state index < -0.39 is 0 Å². The van der Waals surface area contributed by atoms with Gasteiger partial charge in [-0.25, -0.2) is 0 Å². The van der Waals surface area contributed by atoms with Crippen LogP contribution in [0.1, 0.15) is 40.2 Å². The van der Waals surface area contributed by atoms with Gasteiger partial charge in [0.2, 0.25) is 11.7 Å². The van der Waals surface area contributed by atoms with Gasteiger partial charge in [-0.15, -0.1) is 0 Å². The topological polar surface area (TPSA) is 83.7 Å². The standard InChI is InChI=1S/C28H26N2O5/c1-18-29-28(30-35-18)24-15-25(32-2)26(34-17-19-6-4-3-5-7-19)14-23(24)27(31)21-10-12-22(13-11-21)33-16-20-8-9-20/h3-7,10-15,20H,8-9,16-17H2,1-2H3. The van der Waals surface area contributed by atoms with Crippen molar-refractivity contribution in [3.05, 3.63) is 89.3 Å². The molecule has 1 aliphatic rings. The van der Waals surface area contributed by atoms with Crippen molar-refractivity contribution in [3.8, 4) is 28.6 Å². The Labute approximate surface area is 203 Å². The molecule has 0 radical (unpaired) electrons. The van der Waals surface area contributed by atoms with Gasteiger partial charge in [0.25, 0.3) is 0 Å². The summed E-state index contributed by atoms with van der Waals surface area (Å²) in [6.07, 6.45) is 2.45. The van der Waals surface area contributed by atoms with E-state index in [2.05, 4.69) is 10.1 Å². The molecule has 0 aliphatic heterocycles. The lowest BCUT2D eigenvalue weighted by Crippen LogP contribution is -2.07. The van der Waals surface area contributed by atoms with Crippen LogP contribution in [-0.2, 0) is 6.61 Å². The molecule has 4 aromatic rings. The van der Waals surface area contributed by atoms with Crippen molar-refractivity contribution in [2.45, 2.75) is 26.4 Å². The average molecular weight is 471 g/mol. The van der Waals surface area contributed by atoms with Crippen molar-refractivity contribution in [1.29, 1.82) is 0 Å². The number of hydrogen-bond donors (Lipinski definition) is 0. The molecule has 1 heterocycles. The molecule has 7 nitrogen and oxygen atoms in total. The van der Waals surface area contributed by atoms with Crippen molar-refractivity contribution < 1.29 is 23.5 Å². The second-order valence-electron chi connectivity index (χ2n) is 8.57. The van der Waals surface area contributed by atoms with E-state index in [-0.39, 0.29) is 5.78 Å². The second kappa shape index (κ2) is 10.0. The van der Waals surface area contributed by atoms with Crippen molar-refractivity contribution in [2.75, 3.05) is 13.7 Å². The minimum atomic E-state index is -0.191. The summed E-state index contributed by atoms with van der Waals surface area (Å²) < 4.78 is 22.6. The van der Waals surface area contributed by atoms with E-state index in [0.29, 0.717) is 52.4 Å². The number of benzene rings is 3. The molecule has 178 valence electrons. The third-order valence-electron chi connectivity index (χ3n) is 5.85. The van der Waals surface area contributed by atoms with Crippen LogP contribution < -0.4 is 14.2 Å². The first-order valence-corrected chi connectivity index (χ1v) is 11.6. The Bertz CT molecular complexity index is 1310. The van der Waals surface area contributed by atoms with E-state index in [1.165, 1.54) is 12.8 Å². The molecular weight excluding hydrogens is 444 g/mol. The second-order valence-corrected chi connectivity index (χ2v) is 8.57. The predicted octanol–water partition coefficient (Wildman–Crippen LogP) is 5.65. The molecule has 0 N–H and O–H groups in total. The minimum absolute atomic E-state index is 0.191. The highest BCUT2D eigenvalue weighted by Crippen LogP contribution is 2.37. The van der Waals surface area contributed by atoms with Gasteiger partial charge in [-0.3, -0.25) is 4.79 Å². The number of hydrogen-bond acceptors (Lipinski definition) is 7. The molecule has 1 aromatic heterocycles. The first-order chi connectivity index (χ1) is 17.1. The molecule has 0 bridgehead atoms. The van der Waals surface area contributed by atoms with Crippen LogP contribution in [0.2, 0.25) is 0 Å². The van der Waals surface area contributed by atoms with Crippen LogP contribution in [0.3, 0.4) is 0 Å². The Hall–Kier alpha value is -4.13. The molecule has 1 saturated carbocycles. The first-order valence-electron chi connectivity index (χ1n) is 11.6. The largest absolute Gasteiger partial charge is 0.493 e. The number of methoxy groups -OCH3 is 1. The van der Waals surface area contributed by atoms with E-state index in [0.717, 1.165) is 17.9 Å². The van der Waals surface area contributed by atoms with Crippen molar-refractivity contribution >= 4 is 5.78 Å². The van der Waals surface area contributed by atoms with Crippen LogP contribution in [0.25, 0.3) is 11.4 Å². The summed E-state index contributed by atoms with van der Waals surface area (Å²) >= 11 is 0. The number of nitrogens with zero attached hydrogens (tertiary/aromatic N) is 2. The lowest BCUT2D eigenvalue weighted by molar-refractivity contribution is 0.103. The summed E-state index contributed by atoms with van der Waals surface area (Å²) in [6, 6.07) is 20.4. The molecule has 35 heavy (non-hydrogen) atoms. The highest BCUT2D eigenvalue weighted by atomic mass is 16.5. The van der Waals surface area contributed by atoms with Gasteiger partial charge in [0, 0.05) is 23.6 Å². The van der Waals surface area contributed by atoms with Gasteiger partial charge in [-0.1, -0.05) is 35.5 Å².